The molecule has 0 spiro atoms. The Hall–Kier alpha value is -1.58. The van der Waals surface area contributed by atoms with Gasteiger partial charge in [-0.05, 0) is 30.7 Å². The lowest BCUT2D eigenvalue weighted by molar-refractivity contribution is 0.0926. The molecular weight excluding hydrogens is 228 g/mol. The number of amides is 1. The van der Waals surface area contributed by atoms with Crippen LogP contribution in [0.4, 0.5) is 0 Å². The van der Waals surface area contributed by atoms with Crippen molar-refractivity contribution in [2.45, 2.75) is 39.2 Å². The number of pyridine rings is 1. The summed E-state index contributed by atoms with van der Waals surface area (Å²) in [5, 5.41) is 3.04. The minimum Gasteiger partial charge on any atom is -0.349 e. The van der Waals surface area contributed by atoms with Crippen LogP contribution in [-0.4, -0.2) is 16.9 Å². The van der Waals surface area contributed by atoms with Gasteiger partial charge in [0, 0.05) is 23.9 Å². The molecule has 1 fully saturated rings. The van der Waals surface area contributed by atoms with E-state index in [1.165, 1.54) is 25.1 Å². The first-order chi connectivity index (χ1) is 8.61. The van der Waals surface area contributed by atoms with Crippen LogP contribution >= 0.6 is 0 Å². The molecule has 3 unspecified atom stereocenters. The van der Waals surface area contributed by atoms with Crippen molar-refractivity contribution in [3.8, 4) is 0 Å². The number of H-pyrrole nitrogens is 1. The van der Waals surface area contributed by atoms with Gasteiger partial charge < -0.3 is 10.3 Å². The summed E-state index contributed by atoms with van der Waals surface area (Å²) in [6.45, 7) is 4.39. The normalized spacial score (nSPS) is 27.1. The highest BCUT2D eigenvalue weighted by atomic mass is 16.2. The fourth-order valence-electron chi connectivity index (χ4n) is 2.87. The molecule has 1 heterocycles. The molecule has 98 valence electrons. The van der Waals surface area contributed by atoms with Gasteiger partial charge in [-0.15, -0.1) is 0 Å². The number of aromatic amines is 1. The lowest BCUT2D eigenvalue weighted by Gasteiger charge is -2.20. The van der Waals surface area contributed by atoms with Crippen molar-refractivity contribution >= 4 is 5.91 Å². The Bertz CT molecular complexity index is 481. The molecule has 0 aliphatic heterocycles. The number of rotatable bonds is 3. The van der Waals surface area contributed by atoms with Gasteiger partial charge in [-0.2, -0.15) is 0 Å². The molecule has 2 N–H and O–H groups in total. The largest absolute Gasteiger partial charge is 0.349 e. The Morgan fingerprint density at radius 2 is 2.28 bits per heavy atom. The highest BCUT2D eigenvalue weighted by Crippen LogP contribution is 2.33. The van der Waals surface area contributed by atoms with Crippen LogP contribution in [0.5, 0.6) is 0 Å². The zero-order valence-electron chi connectivity index (χ0n) is 10.9. The maximum atomic E-state index is 12.0. The van der Waals surface area contributed by atoms with Crippen molar-refractivity contribution in [3.63, 3.8) is 0 Å². The summed E-state index contributed by atoms with van der Waals surface area (Å²) in [5.41, 5.74) is 0.194. The molecule has 3 atom stereocenters. The summed E-state index contributed by atoms with van der Waals surface area (Å²) in [5.74, 6) is 1.07. The Morgan fingerprint density at radius 3 is 2.89 bits per heavy atom. The molecule has 1 aromatic heterocycles. The molecule has 2 rings (SSSR count). The number of hydrogen-bond acceptors (Lipinski definition) is 2. The van der Waals surface area contributed by atoms with Gasteiger partial charge in [0.25, 0.3) is 5.91 Å². The van der Waals surface area contributed by atoms with Crippen molar-refractivity contribution in [1.29, 1.82) is 0 Å². The quantitative estimate of drug-likeness (QED) is 0.858. The van der Waals surface area contributed by atoms with Gasteiger partial charge in [0.2, 0.25) is 5.56 Å². The second-order valence-corrected chi connectivity index (χ2v) is 5.13. The second kappa shape index (κ2) is 5.38. The Morgan fingerprint density at radius 1 is 1.50 bits per heavy atom. The SMILES string of the molecule is CCC1CCC(NC(=O)c2cc[nH]c(=O)c2)C1C. The predicted octanol–water partition coefficient (Wildman–Crippen LogP) is 1.93. The first-order valence-electron chi connectivity index (χ1n) is 6.61. The zero-order valence-corrected chi connectivity index (χ0v) is 10.9. The van der Waals surface area contributed by atoms with Crippen molar-refractivity contribution in [2.75, 3.05) is 0 Å². The molecule has 1 aliphatic carbocycles. The van der Waals surface area contributed by atoms with E-state index in [2.05, 4.69) is 24.1 Å². The molecule has 0 bridgehead atoms. The smallest absolute Gasteiger partial charge is 0.251 e. The monoisotopic (exact) mass is 248 g/mol. The molecule has 1 aromatic rings. The van der Waals surface area contributed by atoms with E-state index in [4.69, 9.17) is 0 Å². The standard InChI is InChI=1S/C14H20N2O2/c1-3-10-4-5-12(9(10)2)16-14(18)11-6-7-15-13(17)8-11/h6-10,12H,3-5H2,1-2H3,(H,15,17)(H,16,18). The third-order valence-electron chi connectivity index (χ3n) is 4.10. The highest BCUT2D eigenvalue weighted by Gasteiger charge is 2.32. The van der Waals surface area contributed by atoms with E-state index in [0.29, 0.717) is 17.4 Å². The molecule has 0 radical (unpaired) electrons. The highest BCUT2D eigenvalue weighted by molar-refractivity contribution is 5.94. The minimum atomic E-state index is -0.242. The Kier molecular flexibility index (Phi) is 3.84. The van der Waals surface area contributed by atoms with Crippen molar-refractivity contribution in [2.24, 2.45) is 11.8 Å². The summed E-state index contributed by atoms with van der Waals surface area (Å²) in [6, 6.07) is 3.21. The maximum Gasteiger partial charge on any atom is 0.251 e. The van der Waals surface area contributed by atoms with Crippen LogP contribution in [0.3, 0.4) is 0 Å². The van der Waals surface area contributed by atoms with Crippen LogP contribution in [0, 0.1) is 11.8 Å². The molecule has 1 amide bonds. The van der Waals surface area contributed by atoms with Crippen LogP contribution in [0.25, 0.3) is 0 Å². The number of carbonyl (C=O) groups excluding carboxylic acids is 1. The summed E-state index contributed by atoms with van der Waals surface area (Å²) >= 11 is 0. The molecule has 1 saturated carbocycles. The van der Waals surface area contributed by atoms with E-state index in [9.17, 15) is 9.59 Å². The fourth-order valence-corrected chi connectivity index (χ4v) is 2.87. The molecule has 18 heavy (non-hydrogen) atoms. The van der Waals surface area contributed by atoms with Gasteiger partial charge in [-0.3, -0.25) is 9.59 Å². The lowest BCUT2D eigenvalue weighted by atomic mass is 9.93. The number of nitrogens with one attached hydrogen (secondary N) is 2. The van der Waals surface area contributed by atoms with Gasteiger partial charge >= 0.3 is 0 Å². The molecular formula is C14H20N2O2. The lowest BCUT2D eigenvalue weighted by Crippen LogP contribution is -2.37. The summed E-state index contributed by atoms with van der Waals surface area (Å²) in [6.07, 6.45) is 4.88. The number of aromatic nitrogens is 1. The van der Waals surface area contributed by atoms with Crippen molar-refractivity contribution < 1.29 is 4.79 Å². The molecule has 4 nitrogen and oxygen atoms in total. The summed E-state index contributed by atoms with van der Waals surface area (Å²) < 4.78 is 0. The van der Waals surface area contributed by atoms with Crippen LogP contribution in [0.15, 0.2) is 23.1 Å². The van der Waals surface area contributed by atoms with Crippen LogP contribution < -0.4 is 10.9 Å². The molecule has 1 aliphatic rings. The van der Waals surface area contributed by atoms with Crippen molar-refractivity contribution in [3.05, 3.63) is 34.2 Å². The van der Waals surface area contributed by atoms with Crippen LogP contribution in [0.2, 0.25) is 0 Å². The first-order valence-corrected chi connectivity index (χ1v) is 6.61. The van der Waals surface area contributed by atoms with Gasteiger partial charge in [0.15, 0.2) is 0 Å². The minimum absolute atomic E-state index is 0.144. The number of carbonyl (C=O) groups is 1. The zero-order chi connectivity index (χ0) is 13.1. The first kappa shape index (κ1) is 12.9. The van der Waals surface area contributed by atoms with Gasteiger partial charge in [-0.25, -0.2) is 0 Å². The second-order valence-electron chi connectivity index (χ2n) is 5.13. The Balaban J connectivity index is 2.02. The van der Waals surface area contributed by atoms with E-state index < -0.39 is 0 Å². The summed E-state index contributed by atoms with van der Waals surface area (Å²) in [7, 11) is 0. The van der Waals surface area contributed by atoms with Gasteiger partial charge in [0.05, 0.1) is 0 Å². The fraction of sp³-hybridized carbons (Fsp3) is 0.571. The van der Waals surface area contributed by atoms with Crippen LogP contribution in [0.1, 0.15) is 43.5 Å². The molecule has 4 heteroatoms. The molecule has 0 aromatic carbocycles. The number of hydrogen-bond donors (Lipinski definition) is 2. The topological polar surface area (TPSA) is 62.0 Å². The molecule has 0 saturated heterocycles. The van der Waals surface area contributed by atoms with E-state index in [-0.39, 0.29) is 17.5 Å². The van der Waals surface area contributed by atoms with E-state index >= 15 is 0 Å². The van der Waals surface area contributed by atoms with E-state index in [1.807, 2.05) is 0 Å². The van der Waals surface area contributed by atoms with E-state index in [1.54, 1.807) is 6.07 Å². The van der Waals surface area contributed by atoms with Gasteiger partial charge in [0.1, 0.15) is 0 Å². The summed E-state index contributed by atoms with van der Waals surface area (Å²) in [4.78, 5) is 25.7. The van der Waals surface area contributed by atoms with Gasteiger partial charge in [-0.1, -0.05) is 20.3 Å². The average Bonchev–Trinajstić information content (AvgIpc) is 2.70. The van der Waals surface area contributed by atoms with Crippen molar-refractivity contribution in [1.82, 2.24) is 10.3 Å². The predicted molar refractivity (Wildman–Crippen MR) is 70.5 cm³/mol. The van der Waals surface area contributed by atoms with Crippen LogP contribution in [-0.2, 0) is 0 Å². The third-order valence-corrected chi connectivity index (χ3v) is 4.10. The average molecular weight is 248 g/mol. The third kappa shape index (κ3) is 2.63. The van der Waals surface area contributed by atoms with E-state index in [0.717, 1.165) is 6.42 Å². The Labute approximate surface area is 107 Å². The maximum absolute atomic E-state index is 12.0.